The van der Waals surface area contributed by atoms with Gasteiger partial charge < -0.3 is 19.9 Å². The van der Waals surface area contributed by atoms with Crippen molar-refractivity contribution in [3.63, 3.8) is 0 Å². The number of benzene rings is 1. The topological polar surface area (TPSA) is 106 Å². The lowest BCUT2D eigenvalue weighted by atomic mass is 9.83. The predicted octanol–water partition coefficient (Wildman–Crippen LogP) is 2.99. The monoisotopic (exact) mass is 354 g/mol. The fourth-order valence-electron chi connectivity index (χ4n) is 3.22. The number of aromatic nitrogens is 2. The van der Waals surface area contributed by atoms with Gasteiger partial charge in [0.25, 0.3) is 0 Å². The van der Waals surface area contributed by atoms with Crippen LogP contribution in [0.3, 0.4) is 0 Å². The van der Waals surface area contributed by atoms with Gasteiger partial charge in [-0.25, -0.2) is 0 Å². The molecule has 3 N–H and O–H groups in total. The second-order valence-electron chi connectivity index (χ2n) is 5.94. The van der Waals surface area contributed by atoms with E-state index in [1.807, 2.05) is 25.1 Å². The molecule has 3 rings (SSSR count). The lowest BCUT2D eigenvalue weighted by Gasteiger charge is -2.24. The van der Waals surface area contributed by atoms with Crippen LogP contribution in [0.1, 0.15) is 43.0 Å². The van der Waals surface area contributed by atoms with Gasteiger partial charge in [-0.15, -0.1) is 5.10 Å². The summed E-state index contributed by atoms with van der Waals surface area (Å²) in [4.78, 5) is 0. The van der Waals surface area contributed by atoms with E-state index in [4.69, 9.17) is 19.9 Å². The molecule has 7 nitrogen and oxygen atoms in total. The number of aromatic amines is 1. The van der Waals surface area contributed by atoms with Crippen molar-refractivity contribution in [2.75, 3.05) is 13.7 Å². The van der Waals surface area contributed by atoms with Crippen molar-refractivity contribution in [3.05, 3.63) is 46.5 Å². The maximum Gasteiger partial charge on any atom is 0.244 e. The molecule has 2 aromatic rings. The van der Waals surface area contributed by atoms with Crippen molar-refractivity contribution in [1.29, 1.82) is 5.26 Å². The molecular formula is C19H22N4O3. The van der Waals surface area contributed by atoms with Crippen molar-refractivity contribution in [2.45, 2.75) is 32.6 Å². The summed E-state index contributed by atoms with van der Waals surface area (Å²) in [5, 5.41) is 17.0. The van der Waals surface area contributed by atoms with E-state index < -0.39 is 0 Å². The highest BCUT2D eigenvalue weighted by Gasteiger charge is 2.35. The molecular weight excluding hydrogens is 332 g/mol. The quantitative estimate of drug-likeness (QED) is 0.826. The number of ether oxygens (including phenoxy) is 3. The van der Waals surface area contributed by atoms with Crippen LogP contribution in [0.15, 0.2) is 29.7 Å². The van der Waals surface area contributed by atoms with Crippen molar-refractivity contribution >= 4 is 0 Å². The highest BCUT2D eigenvalue weighted by atomic mass is 16.5. The molecule has 1 aromatic heterocycles. The first-order chi connectivity index (χ1) is 12.6. The summed E-state index contributed by atoms with van der Waals surface area (Å²) in [5.41, 5.74) is 9.03. The first-order valence-electron chi connectivity index (χ1n) is 8.59. The van der Waals surface area contributed by atoms with Crippen LogP contribution in [0.5, 0.6) is 17.4 Å². The smallest absolute Gasteiger partial charge is 0.244 e. The summed E-state index contributed by atoms with van der Waals surface area (Å²) in [6.07, 6.45) is 1.74. The van der Waals surface area contributed by atoms with Crippen LogP contribution < -0.4 is 19.9 Å². The number of nitriles is 1. The average Bonchev–Trinajstić information content (AvgIpc) is 3.03. The Hall–Kier alpha value is -3.14. The third kappa shape index (κ3) is 2.94. The first kappa shape index (κ1) is 17.7. The Balaban J connectivity index is 2.18. The van der Waals surface area contributed by atoms with Crippen LogP contribution in [-0.2, 0) is 6.42 Å². The maximum atomic E-state index is 9.70. The van der Waals surface area contributed by atoms with E-state index in [9.17, 15) is 5.26 Å². The summed E-state index contributed by atoms with van der Waals surface area (Å²) >= 11 is 0. The third-order valence-electron chi connectivity index (χ3n) is 4.34. The van der Waals surface area contributed by atoms with Gasteiger partial charge in [-0.1, -0.05) is 19.4 Å². The van der Waals surface area contributed by atoms with Gasteiger partial charge in [0, 0.05) is 11.3 Å². The maximum absolute atomic E-state index is 9.70. The Kier molecular flexibility index (Phi) is 5.03. The van der Waals surface area contributed by atoms with Gasteiger partial charge in [0.2, 0.25) is 11.8 Å². The van der Waals surface area contributed by atoms with Crippen LogP contribution in [0.2, 0.25) is 0 Å². The number of nitrogens with two attached hydrogens (primary N) is 1. The summed E-state index contributed by atoms with van der Waals surface area (Å²) in [5.74, 6) is 1.39. The molecule has 1 aromatic carbocycles. The zero-order valence-electron chi connectivity index (χ0n) is 15.1. The third-order valence-corrected chi connectivity index (χ3v) is 4.34. The van der Waals surface area contributed by atoms with E-state index in [1.165, 1.54) is 0 Å². The number of fused-ring (bicyclic) bond motifs is 1. The standard InChI is InChI=1S/C19H22N4O3/c1-4-6-13-17-16(12(10-20)18(21)26-19(17)23-22-13)11-7-8-14(24-3)15(9-11)25-5-2/h7-9,16H,4-6,21H2,1-3H3,(H,22,23)/t16-/m0/s1. The zero-order valence-corrected chi connectivity index (χ0v) is 15.1. The lowest BCUT2D eigenvalue weighted by Crippen LogP contribution is -2.21. The molecule has 2 heterocycles. The number of methoxy groups -OCH3 is 1. The number of hydrogen-bond acceptors (Lipinski definition) is 6. The van der Waals surface area contributed by atoms with Crippen LogP contribution in [-0.4, -0.2) is 23.9 Å². The SMILES string of the molecule is CCCc1[nH]nc2c1[C@@H](c1ccc(OC)c(OCC)c1)C(C#N)=C(N)O2. The minimum Gasteiger partial charge on any atom is -0.493 e. The Morgan fingerprint density at radius 2 is 2.15 bits per heavy atom. The molecule has 0 fully saturated rings. The zero-order chi connectivity index (χ0) is 18.7. The molecule has 0 spiro atoms. The molecule has 136 valence electrons. The van der Waals surface area contributed by atoms with Gasteiger partial charge >= 0.3 is 0 Å². The van der Waals surface area contributed by atoms with Crippen LogP contribution in [0.25, 0.3) is 0 Å². The molecule has 1 atom stereocenters. The number of rotatable bonds is 6. The van der Waals surface area contributed by atoms with E-state index in [-0.39, 0.29) is 11.8 Å². The number of allylic oxidation sites excluding steroid dienone is 1. The highest BCUT2D eigenvalue weighted by Crippen LogP contribution is 2.44. The van der Waals surface area contributed by atoms with Crippen molar-refractivity contribution in [3.8, 4) is 23.4 Å². The summed E-state index contributed by atoms with van der Waals surface area (Å²) < 4.78 is 16.6. The summed E-state index contributed by atoms with van der Waals surface area (Å²) in [6, 6.07) is 7.83. The molecule has 0 saturated heterocycles. The van der Waals surface area contributed by atoms with E-state index >= 15 is 0 Å². The summed E-state index contributed by atoms with van der Waals surface area (Å²) in [7, 11) is 1.60. The molecule has 0 saturated carbocycles. The molecule has 1 aliphatic heterocycles. The fraction of sp³-hybridized carbons (Fsp3) is 0.368. The molecule has 0 aliphatic carbocycles. The number of nitrogens with zero attached hydrogens (tertiary/aromatic N) is 2. The van der Waals surface area contributed by atoms with Crippen molar-refractivity contribution in [2.24, 2.45) is 5.73 Å². The first-order valence-corrected chi connectivity index (χ1v) is 8.59. The summed E-state index contributed by atoms with van der Waals surface area (Å²) in [6.45, 7) is 4.50. The van der Waals surface area contributed by atoms with Gasteiger partial charge in [-0.2, -0.15) is 5.26 Å². The van der Waals surface area contributed by atoms with E-state index in [2.05, 4.69) is 23.2 Å². The van der Waals surface area contributed by atoms with Crippen molar-refractivity contribution in [1.82, 2.24) is 10.2 Å². The van der Waals surface area contributed by atoms with Gasteiger partial charge in [0.05, 0.1) is 19.6 Å². The Morgan fingerprint density at radius 1 is 1.35 bits per heavy atom. The van der Waals surface area contributed by atoms with E-state index in [0.717, 1.165) is 29.7 Å². The lowest BCUT2D eigenvalue weighted by molar-refractivity contribution is 0.310. The average molecular weight is 354 g/mol. The van der Waals surface area contributed by atoms with E-state index in [1.54, 1.807) is 7.11 Å². The Labute approximate surface area is 152 Å². The van der Waals surface area contributed by atoms with Gasteiger partial charge in [0.15, 0.2) is 11.5 Å². The van der Waals surface area contributed by atoms with Crippen molar-refractivity contribution < 1.29 is 14.2 Å². The number of H-pyrrole nitrogens is 1. The van der Waals surface area contributed by atoms with E-state index in [0.29, 0.717) is 29.6 Å². The molecule has 0 unspecified atom stereocenters. The highest BCUT2D eigenvalue weighted by molar-refractivity contribution is 5.57. The molecule has 1 aliphatic rings. The minimum absolute atomic E-state index is 0.0772. The molecule has 26 heavy (non-hydrogen) atoms. The Bertz CT molecular complexity index is 879. The van der Waals surface area contributed by atoms with Gasteiger partial charge in [-0.3, -0.25) is 5.10 Å². The Morgan fingerprint density at radius 3 is 2.81 bits per heavy atom. The van der Waals surface area contributed by atoms with Crippen LogP contribution in [0.4, 0.5) is 0 Å². The number of hydrogen-bond donors (Lipinski definition) is 2. The fourth-order valence-corrected chi connectivity index (χ4v) is 3.22. The normalized spacial score (nSPS) is 15.8. The second-order valence-corrected chi connectivity index (χ2v) is 5.94. The molecule has 0 radical (unpaired) electrons. The van der Waals surface area contributed by atoms with Crippen LogP contribution >= 0.6 is 0 Å². The largest absolute Gasteiger partial charge is 0.493 e. The van der Waals surface area contributed by atoms with Gasteiger partial charge in [-0.05, 0) is 31.0 Å². The molecule has 0 bridgehead atoms. The minimum atomic E-state index is -0.367. The van der Waals surface area contributed by atoms with Crippen LogP contribution in [0, 0.1) is 11.3 Å². The molecule has 0 amide bonds. The predicted molar refractivity (Wildman–Crippen MR) is 96.0 cm³/mol. The molecule has 7 heteroatoms. The number of nitrogens with one attached hydrogen (secondary N) is 1. The van der Waals surface area contributed by atoms with Gasteiger partial charge in [0.1, 0.15) is 11.6 Å². The second kappa shape index (κ2) is 7.40. The number of aryl methyl sites for hydroxylation is 1.